The number of thiocarbonyl (C=S) groups is 1. The zero-order valence-corrected chi connectivity index (χ0v) is 11.6. The molecule has 0 bridgehead atoms. The van der Waals surface area contributed by atoms with Gasteiger partial charge in [-0.1, -0.05) is 0 Å². The summed E-state index contributed by atoms with van der Waals surface area (Å²) < 4.78 is 15.3. The second-order valence-corrected chi connectivity index (χ2v) is 3.88. The highest BCUT2D eigenvalue weighted by Crippen LogP contribution is 2.25. The number of nitrogens with one attached hydrogen (secondary N) is 2. The van der Waals surface area contributed by atoms with Gasteiger partial charge in [0, 0.05) is 37.5 Å². The van der Waals surface area contributed by atoms with Crippen molar-refractivity contribution in [3.63, 3.8) is 0 Å². The fraction of sp³-hybridized carbons (Fsp3) is 0.417. The molecule has 0 aromatic heterocycles. The first kappa shape index (κ1) is 14.5. The van der Waals surface area contributed by atoms with Gasteiger partial charge in [0.2, 0.25) is 0 Å². The largest absolute Gasteiger partial charge is 0.497 e. The fourth-order valence-corrected chi connectivity index (χ4v) is 1.54. The molecule has 0 spiro atoms. The zero-order chi connectivity index (χ0) is 13.4. The maximum Gasteiger partial charge on any atom is 0.170 e. The zero-order valence-electron chi connectivity index (χ0n) is 10.8. The van der Waals surface area contributed by atoms with Crippen molar-refractivity contribution in [2.24, 2.45) is 0 Å². The van der Waals surface area contributed by atoms with Crippen molar-refractivity contribution in [1.29, 1.82) is 0 Å². The number of benzene rings is 1. The molecule has 0 fully saturated rings. The van der Waals surface area contributed by atoms with Gasteiger partial charge in [0.25, 0.3) is 0 Å². The topological polar surface area (TPSA) is 51.8 Å². The van der Waals surface area contributed by atoms with Gasteiger partial charge in [-0.15, -0.1) is 0 Å². The van der Waals surface area contributed by atoms with E-state index in [1.807, 2.05) is 12.1 Å². The molecule has 0 heterocycles. The molecule has 1 aromatic rings. The van der Waals surface area contributed by atoms with Crippen LogP contribution < -0.4 is 20.1 Å². The maximum absolute atomic E-state index is 5.17. The summed E-state index contributed by atoms with van der Waals surface area (Å²) in [5.41, 5.74) is 0.807. The van der Waals surface area contributed by atoms with Crippen LogP contribution in [0.3, 0.4) is 0 Å². The van der Waals surface area contributed by atoms with Crippen molar-refractivity contribution in [3.8, 4) is 11.5 Å². The lowest BCUT2D eigenvalue weighted by Gasteiger charge is -2.12. The number of hydrogen-bond donors (Lipinski definition) is 2. The summed E-state index contributed by atoms with van der Waals surface area (Å²) >= 11 is 5.15. The Kier molecular flexibility index (Phi) is 6.24. The SMILES string of the molecule is COCCNC(=S)Nc1cc(OC)cc(OC)c1. The summed E-state index contributed by atoms with van der Waals surface area (Å²) in [4.78, 5) is 0. The third-order valence-electron chi connectivity index (χ3n) is 2.20. The van der Waals surface area contributed by atoms with Crippen LogP contribution in [0.1, 0.15) is 0 Å². The third-order valence-corrected chi connectivity index (χ3v) is 2.45. The van der Waals surface area contributed by atoms with E-state index in [2.05, 4.69) is 10.6 Å². The Bertz CT molecular complexity index is 377. The molecule has 5 nitrogen and oxygen atoms in total. The van der Waals surface area contributed by atoms with E-state index in [-0.39, 0.29) is 0 Å². The molecule has 0 saturated heterocycles. The molecule has 1 aromatic carbocycles. The number of rotatable bonds is 6. The Hall–Kier alpha value is -1.53. The highest BCUT2D eigenvalue weighted by molar-refractivity contribution is 7.80. The molecule has 0 aliphatic carbocycles. The van der Waals surface area contributed by atoms with E-state index in [1.165, 1.54) is 0 Å². The first-order valence-electron chi connectivity index (χ1n) is 5.46. The van der Waals surface area contributed by atoms with Crippen molar-refractivity contribution in [1.82, 2.24) is 5.32 Å². The van der Waals surface area contributed by atoms with Gasteiger partial charge in [-0.05, 0) is 12.2 Å². The van der Waals surface area contributed by atoms with Crippen LogP contribution in [-0.4, -0.2) is 39.6 Å². The van der Waals surface area contributed by atoms with E-state index in [0.717, 1.165) is 5.69 Å². The standard InChI is InChI=1S/C12H18N2O3S/c1-15-5-4-13-12(18)14-9-6-10(16-2)8-11(7-9)17-3/h6-8H,4-5H2,1-3H3,(H2,13,14,18). The predicted molar refractivity (Wildman–Crippen MR) is 75.6 cm³/mol. The molecule has 0 aliphatic heterocycles. The van der Waals surface area contributed by atoms with Crippen LogP contribution in [0, 0.1) is 0 Å². The van der Waals surface area contributed by atoms with Crippen LogP contribution in [0.4, 0.5) is 5.69 Å². The van der Waals surface area contributed by atoms with Gasteiger partial charge < -0.3 is 24.8 Å². The highest BCUT2D eigenvalue weighted by atomic mass is 32.1. The molecular formula is C12H18N2O3S. The minimum Gasteiger partial charge on any atom is -0.497 e. The van der Waals surface area contributed by atoms with Crippen LogP contribution >= 0.6 is 12.2 Å². The fourth-order valence-electron chi connectivity index (χ4n) is 1.32. The number of methoxy groups -OCH3 is 3. The highest BCUT2D eigenvalue weighted by Gasteiger charge is 2.03. The summed E-state index contributed by atoms with van der Waals surface area (Å²) in [6.45, 7) is 1.26. The van der Waals surface area contributed by atoms with Gasteiger partial charge in [-0.25, -0.2) is 0 Å². The minimum absolute atomic E-state index is 0.530. The third kappa shape index (κ3) is 4.77. The lowest BCUT2D eigenvalue weighted by molar-refractivity contribution is 0.204. The lowest BCUT2D eigenvalue weighted by atomic mass is 10.3. The Morgan fingerprint density at radius 3 is 2.22 bits per heavy atom. The van der Waals surface area contributed by atoms with Crippen molar-refractivity contribution in [2.45, 2.75) is 0 Å². The lowest BCUT2D eigenvalue weighted by Crippen LogP contribution is -2.31. The second kappa shape index (κ2) is 7.73. The number of ether oxygens (including phenoxy) is 3. The molecule has 0 radical (unpaired) electrons. The summed E-state index contributed by atoms with van der Waals surface area (Å²) in [5, 5.41) is 6.61. The van der Waals surface area contributed by atoms with Crippen LogP contribution in [-0.2, 0) is 4.74 Å². The van der Waals surface area contributed by atoms with Crippen molar-refractivity contribution in [2.75, 3.05) is 39.8 Å². The van der Waals surface area contributed by atoms with E-state index >= 15 is 0 Å². The monoisotopic (exact) mass is 270 g/mol. The summed E-state index contributed by atoms with van der Waals surface area (Å²) in [7, 11) is 4.85. The van der Waals surface area contributed by atoms with Crippen LogP contribution in [0.2, 0.25) is 0 Å². The van der Waals surface area contributed by atoms with Crippen LogP contribution in [0.25, 0.3) is 0 Å². The van der Waals surface area contributed by atoms with Crippen LogP contribution in [0.5, 0.6) is 11.5 Å². The molecule has 2 N–H and O–H groups in total. The van der Waals surface area contributed by atoms with Crippen LogP contribution in [0.15, 0.2) is 18.2 Å². The minimum atomic E-state index is 0.530. The molecular weight excluding hydrogens is 252 g/mol. The number of hydrogen-bond acceptors (Lipinski definition) is 4. The summed E-state index contributed by atoms with van der Waals surface area (Å²) in [6, 6.07) is 5.48. The van der Waals surface area contributed by atoms with Gasteiger partial charge in [0.15, 0.2) is 5.11 Å². The molecule has 0 saturated carbocycles. The molecule has 6 heteroatoms. The average Bonchev–Trinajstić information content (AvgIpc) is 2.38. The Labute approximate surface area is 112 Å². The van der Waals surface area contributed by atoms with Gasteiger partial charge in [-0.2, -0.15) is 0 Å². The Morgan fingerprint density at radius 2 is 1.72 bits per heavy atom. The first-order valence-corrected chi connectivity index (χ1v) is 5.87. The van der Waals surface area contributed by atoms with E-state index < -0.39 is 0 Å². The van der Waals surface area contributed by atoms with Crippen molar-refractivity contribution >= 4 is 23.0 Å². The number of anilines is 1. The predicted octanol–water partition coefficient (Wildman–Crippen LogP) is 1.64. The van der Waals surface area contributed by atoms with Crippen molar-refractivity contribution < 1.29 is 14.2 Å². The van der Waals surface area contributed by atoms with E-state index in [0.29, 0.717) is 29.8 Å². The quantitative estimate of drug-likeness (QED) is 0.605. The summed E-state index contributed by atoms with van der Waals surface area (Å²) in [5.74, 6) is 1.41. The van der Waals surface area contributed by atoms with Gasteiger partial charge >= 0.3 is 0 Å². The van der Waals surface area contributed by atoms with E-state index in [1.54, 1.807) is 27.4 Å². The molecule has 0 unspecified atom stereocenters. The smallest absolute Gasteiger partial charge is 0.170 e. The molecule has 1 rings (SSSR count). The normalized spacial score (nSPS) is 9.72. The Morgan fingerprint density at radius 1 is 1.11 bits per heavy atom. The molecule has 0 aliphatic rings. The van der Waals surface area contributed by atoms with Crippen molar-refractivity contribution in [3.05, 3.63) is 18.2 Å². The second-order valence-electron chi connectivity index (χ2n) is 3.48. The Balaban J connectivity index is 2.62. The molecule has 0 atom stereocenters. The molecule has 100 valence electrons. The van der Waals surface area contributed by atoms with Gasteiger partial charge in [0.1, 0.15) is 11.5 Å². The molecule has 18 heavy (non-hydrogen) atoms. The van der Waals surface area contributed by atoms with Gasteiger partial charge in [-0.3, -0.25) is 0 Å². The first-order chi connectivity index (χ1) is 8.69. The van der Waals surface area contributed by atoms with E-state index in [4.69, 9.17) is 26.4 Å². The molecule has 0 amide bonds. The average molecular weight is 270 g/mol. The maximum atomic E-state index is 5.17. The summed E-state index contributed by atoms with van der Waals surface area (Å²) in [6.07, 6.45) is 0. The van der Waals surface area contributed by atoms with E-state index in [9.17, 15) is 0 Å². The van der Waals surface area contributed by atoms with Gasteiger partial charge in [0.05, 0.1) is 20.8 Å².